The first kappa shape index (κ1) is 12.0. The minimum absolute atomic E-state index is 0.145. The zero-order valence-corrected chi connectivity index (χ0v) is 9.02. The van der Waals surface area contributed by atoms with Crippen molar-refractivity contribution >= 4 is 17.3 Å². The van der Waals surface area contributed by atoms with Crippen molar-refractivity contribution in [2.75, 3.05) is 19.0 Å². The van der Waals surface area contributed by atoms with Crippen LogP contribution in [-0.2, 0) is 4.74 Å². The molecule has 0 fully saturated rings. The first-order chi connectivity index (χ1) is 7.60. The lowest BCUT2D eigenvalue weighted by Crippen LogP contribution is -2.06. The minimum Gasteiger partial charge on any atom is -0.462 e. The molecule has 0 aromatic heterocycles. The van der Waals surface area contributed by atoms with Gasteiger partial charge >= 0.3 is 5.97 Å². The van der Waals surface area contributed by atoms with Crippen LogP contribution in [-0.4, -0.2) is 24.5 Å². The lowest BCUT2D eigenvalue weighted by molar-refractivity contribution is -0.384. The molecule has 6 nitrogen and oxygen atoms in total. The van der Waals surface area contributed by atoms with Gasteiger partial charge in [0.05, 0.1) is 17.1 Å². The Labute approximate surface area is 92.4 Å². The van der Waals surface area contributed by atoms with Crippen LogP contribution in [0.2, 0.25) is 0 Å². The van der Waals surface area contributed by atoms with Crippen molar-refractivity contribution in [1.29, 1.82) is 0 Å². The molecule has 0 saturated carbocycles. The summed E-state index contributed by atoms with van der Waals surface area (Å²) in [6.45, 7) is 1.91. The second-order valence-electron chi connectivity index (χ2n) is 2.96. The Hall–Kier alpha value is -2.11. The van der Waals surface area contributed by atoms with E-state index >= 15 is 0 Å². The van der Waals surface area contributed by atoms with Gasteiger partial charge in [0, 0.05) is 13.1 Å². The molecule has 1 N–H and O–H groups in total. The van der Waals surface area contributed by atoms with Gasteiger partial charge in [-0.15, -0.1) is 0 Å². The summed E-state index contributed by atoms with van der Waals surface area (Å²) in [4.78, 5) is 21.5. The standard InChI is InChI=1S/C10H12N2O4/c1-3-16-10(13)7-4-5-8(11-2)9(6-7)12(14)15/h4-6,11H,3H2,1-2H3. The molecule has 0 aliphatic carbocycles. The van der Waals surface area contributed by atoms with Crippen LogP contribution in [0.5, 0.6) is 0 Å². The van der Waals surface area contributed by atoms with Crippen molar-refractivity contribution in [3.8, 4) is 0 Å². The fourth-order valence-corrected chi connectivity index (χ4v) is 1.24. The molecule has 6 heteroatoms. The smallest absolute Gasteiger partial charge is 0.338 e. The summed E-state index contributed by atoms with van der Waals surface area (Å²) in [6.07, 6.45) is 0. The molecule has 1 aromatic rings. The van der Waals surface area contributed by atoms with E-state index in [1.54, 1.807) is 14.0 Å². The quantitative estimate of drug-likeness (QED) is 0.479. The summed E-state index contributed by atoms with van der Waals surface area (Å²) >= 11 is 0. The van der Waals surface area contributed by atoms with Gasteiger partial charge < -0.3 is 10.1 Å². The number of nitrogens with zero attached hydrogens (tertiary/aromatic N) is 1. The lowest BCUT2D eigenvalue weighted by atomic mass is 10.1. The lowest BCUT2D eigenvalue weighted by Gasteiger charge is -2.04. The summed E-state index contributed by atoms with van der Waals surface area (Å²) < 4.78 is 4.75. The van der Waals surface area contributed by atoms with Crippen LogP contribution in [0.15, 0.2) is 18.2 Å². The molecule has 0 atom stereocenters. The monoisotopic (exact) mass is 224 g/mol. The third kappa shape index (κ3) is 2.47. The molecule has 0 saturated heterocycles. The summed E-state index contributed by atoms with van der Waals surface area (Å²) in [5.41, 5.74) is 0.388. The third-order valence-corrected chi connectivity index (χ3v) is 1.97. The minimum atomic E-state index is -0.562. The highest BCUT2D eigenvalue weighted by atomic mass is 16.6. The molecule has 0 amide bonds. The number of ether oxygens (including phenoxy) is 1. The summed E-state index contributed by atoms with van der Waals surface area (Å²) in [5, 5.41) is 13.4. The second kappa shape index (κ2) is 5.11. The van der Waals surface area contributed by atoms with Crippen molar-refractivity contribution in [3.05, 3.63) is 33.9 Å². The predicted octanol–water partition coefficient (Wildman–Crippen LogP) is 1.81. The topological polar surface area (TPSA) is 81.5 Å². The largest absolute Gasteiger partial charge is 0.462 e. The molecule has 1 rings (SSSR count). The van der Waals surface area contributed by atoms with Crippen LogP contribution in [0.4, 0.5) is 11.4 Å². The first-order valence-corrected chi connectivity index (χ1v) is 4.73. The molecule has 86 valence electrons. The molecule has 16 heavy (non-hydrogen) atoms. The SMILES string of the molecule is CCOC(=O)c1ccc(NC)c([N+](=O)[O-])c1. The van der Waals surface area contributed by atoms with E-state index in [4.69, 9.17) is 4.74 Å². The number of nitro benzene ring substituents is 1. The van der Waals surface area contributed by atoms with Crippen molar-refractivity contribution in [2.45, 2.75) is 6.92 Å². The van der Waals surface area contributed by atoms with Crippen molar-refractivity contribution in [2.24, 2.45) is 0 Å². The van der Waals surface area contributed by atoms with Crippen LogP contribution >= 0.6 is 0 Å². The number of carbonyl (C=O) groups excluding carboxylic acids is 1. The van der Waals surface area contributed by atoms with E-state index in [0.29, 0.717) is 5.69 Å². The Morgan fingerprint density at radius 3 is 2.75 bits per heavy atom. The Balaban J connectivity index is 3.11. The van der Waals surface area contributed by atoms with Gasteiger partial charge in [0.2, 0.25) is 0 Å². The summed E-state index contributed by atoms with van der Waals surface area (Å²) in [7, 11) is 1.58. The third-order valence-electron chi connectivity index (χ3n) is 1.97. The van der Waals surface area contributed by atoms with E-state index in [-0.39, 0.29) is 17.9 Å². The van der Waals surface area contributed by atoms with E-state index in [2.05, 4.69) is 5.32 Å². The van der Waals surface area contributed by atoms with Crippen molar-refractivity contribution in [1.82, 2.24) is 0 Å². The second-order valence-corrected chi connectivity index (χ2v) is 2.96. The molecule has 0 bridgehead atoms. The highest BCUT2D eigenvalue weighted by Gasteiger charge is 2.17. The van der Waals surface area contributed by atoms with E-state index in [1.165, 1.54) is 18.2 Å². The maximum atomic E-state index is 11.4. The highest BCUT2D eigenvalue weighted by molar-refractivity contribution is 5.91. The van der Waals surface area contributed by atoms with Crippen molar-refractivity contribution in [3.63, 3.8) is 0 Å². The van der Waals surface area contributed by atoms with E-state index in [1.807, 2.05) is 0 Å². The number of nitro groups is 1. The molecule has 0 unspecified atom stereocenters. The van der Waals surface area contributed by atoms with Gasteiger partial charge in [-0.3, -0.25) is 10.1 Å². The van der Waals surface area contributed by atoms with Crippen LogP contribution in [0.3, 0.4) is 0 Å². The van der Waals surface area contributed by atoms with Gasteiger partial charge in [-0.1, -0.05) is 0 Å². The van der Waals surface area contributed by atoms with Gasteiger partial charge in [0.15, 0.2) is 0 Å². The molecular formula is C10H12N2O4. The Morgan fingerprint density at radius 2 is 2.25 bits per heavy atom. The van der Waals surface area contributed by atoms with Crippen LogP contribution < -0.4 is 5.32 Å². The Kier molecular flexibility index (Phi) is 3.82. The number of hydrogen-bond donors (Lipinski definition) is 1. The number of benzene rings is 1. The van der Waals surface area contributed by atoms with Crippen LogP contribution in [0, 0.1) is 10.1 Å². The predicted molar refractivity (Wildman–Crippen MR) is 58.6 cm³/mol. The molecule has 0 radical (unpaired) electrons. The van der Waals surface area contributed by atoms with Gasteiger partial charge in [0.25, 0.3) is 5.69 Å². The van der Waals surface area contributed by atoms with Gasteiger partial charge in [-0.25, -0.2) is 4.79 Å². The number of esters is 1. The number of nitrogens with one attached hydrogen (secondary N) is 1. The Morgan fingerprint density at radius 1 is 1.56 bits per heavy atom. The maximum Gasteiger partial charge on any atom is 0.338 e. The van der Waals surface area contributed by atoms with E-state index in [0.717, 1.165) is 0 Å². The van der Waals surface area contributed by atoms with E-state index < -0.39 is 10.9 Å². The molecule has 1 aromatic carbocycles. The molecule has 0 heterocycles. The summed E-state index contributed by atoms with van der Waals surface area (Å²) in [6, 6.07) is 4.16. The van der Waals surface area contributed by atoms with Crippen molar-refractivity contribution < 1.29 is 14.5 Å². The van der Waals surface area contributed by atoms with E-state index in [9.17, 15) is 14.9 Å². The molecule has 0 aliphatic rings. The zero-order chi connectivity index (χ0) is 12.1. The molecule has 0 aliphatic heterocycles. The van der Waals surface area contributed by atoms with Crippen LogP contribution in [0.25, 0.3) is 0 Å². The number of anilines is 1. The summed E-state index contributed by atoms with van der Waals surface area (Å²) in [5.74, 6) is -0.562. The molecular weight excluding hydrogens is 212 g/mol. The Bertz CT molecular complexity index is 417. The normalized spacial score (nSPS) is 9.62. The number of hydrogen-bond acceptors (Lipinski definition) is 5. The average Bonchev–Trinajstić information content (AvgIpc) is 2.28. The van der Waals surface area contributed by atoms with Crippen LogP contribution in [0.1, 0.15) is 17.3 Å². The maximum absolute atomic E-state index is 11.4. The van der Waals surface area contributed by atoms with Gasteiger partial charge in [0.1, 0.15) is 5.69 Å². The zero-order valence-electron chi connectivity index (χ0n) is 9.02. The molecule has 0 spiro atoms. The number of rotatable bonds is 4. The average molecular weight is 224 g/mol. The highest BCUT2D eigenvalue weighted by Crippen LogP contribution is 2.25. The van der Waals surface area contributed by atoms with Gasteiger partial charge in [-0.05, 0) is 19.1 Å². The fraction of sp³-hybridized carbons (Fsp3) is 0.300. The van der Waals surface area contributed by atoms with Gasteiger partial charge in [-0.2, -0.15) is 0 Å². The number of carbonyl (C=O) groups is 1. The fourth-order valence-electron chi connectivity index (χ4n) is 1.24. The first-order valence-electron chi connectivity index (χ1n) is 4.73.